The summed E-state index contributed by atoms with van der Waals surface area (Å²) in [7, 11) is 0. The summed E-state index contributed by atoms with van der Waals surface area (Å²) >= 11 is 4.89. The smallest absolute Gasteiger partial charge is 0.264 e. The number of nitrogens with zero attached hydrogens (tertiary/aromatic N) is 3. The van der Waals surface area contributed by atoms with Crippen LogP contribution in [0.5, 0.6) is 0 Å². The van der Waals surface area contributed by atoms with E-state index >= 15 is 0 Å². The van der Waals surface area contributed by atoms with Gasteiger partial charge >= 0.3 is 0 Å². The number of hydrogen-bond donors (Lipinski definition) is 0. The van der Waals surface area contributed by atoms with Crippen molar-refractivity contribution < 1.29 is 9.59 Å². The molecule has 1 aromatic carbocycles. The lowest BCUT2D eigenvalue weighted by Gasteiger charge is -2.34. The van der Waals surface area contributed by atoms with Crippen molar-refractivity contribution in [3.63, 3.8) is 0 Å². The Morgan fingerprint density at radius 3 is 2.57 bits per heavy atom. The number of amides is 2. The molecule has 0 bridgehead atoms. The molecule has 0 radical (unpaired) electrons. The second-order valence-corrected chi connectivity index (χ2v) is 9.87. The Bertz CT molecular complexity index is 914. The van der Waals surface area contributed by atoms with Crippen molar-refractivity contribution in [2.45, 2.75) is 17.2 Å². The van der Waals surface area contributed by atoms with Gasteiger partial charge in [0.1, 0.15) is 0 Å². The van der Waals surface area contributed by atoms with Crippen LogP contribution in [0.1, 0.15) is 22.5 Å². The average Bonchev–Trinajstić information content (AvgIpc) is 3.40. The summed E-state index contributed by atoms with van der Waals surface area (Å²) in [5, 5.41) is 1.92. The van der Waals surface area contributed by atoms with E-state index in [1.807, 2.05) is 45.5 Å². The van der Waals surface area contributed by atoms with Crippen LogP contribution >= 0.6 is 34.4 Å². The Morgan fingerprint density at radius 2 is 1.82 bits per heavy atom. The maximum Gasteiger partial charge on any atom is 0.264 e. The second-order valence-electron chi connectivity index (χ2n) is 6.55. The highest BCUT2D eigenvalue weighted by atomic mass is 32.2. The average molecular weight is 432 g/mol. The molecule has 3 heterocycles. The minimum absolute atomic E-state index is 0.0781. The van der Waals surface area contributed by atoms with E-state index in [4.69, 9.17) is 0 Å². The highest BCUT2D eigenvalue weighted by molar-refractivity contribution is 8.01. The monoisotopic (exact) mass is 431 g/mol. The van der Waals surface area contributed by atoms with Crippen molar-refractivity contribution in [2.24, 2.45) is 0 Å². The predicted octanol–water partition coefficient (Wildman–Crippen LogP) is 4.21. The molecule has 1 aliphatic heterocycles. The van der Waals surface area contributed by atoms with Gasteiger partial charge in [0.05, 0.1) is 15.1 Å². The standard InChI is InChI=1S/C20H21N3O2S3/c24-18(8-4-14-27-20-21-15-5-1-2-6-16(15)28-20)22-9-11-23(12-10-22)19(25)17-7-3-13-26-17/h1-3,5-7,13H,4,8-12,14H2. The quantitative estimate of drug-likeness (QED) is 0.433. The summed E-state index contributed by atoms with van der Waals surface area (Å²) in [5.74, 6) is 1.16. The zero-order valence-corrected chi connectivity index (χ0v) is 17.8. The number of carbonyl (C=O) groups is 2. The number of para-hydroxylation sites is 1. The summed E-state index contributed by atoms with van der Waals surface area (Å²) in [4.78, 5) is 34.0. The molecule has 0 atom stereocenters. The molecule has 2 aromatic heterocycles. The maximum atomic E-state index is 12.5. The molecule has 0 unspecified atom stereocenters. The van der Waals surface area contributed by atoms with Crippen molar-refractivity contribution in [3.8, 4) is 0 Å². The number of hydrogen-bond acceptors (Lipinski definition) is 6. The summed E-state index contributed by atoms with van der Waals surface area (Å²) in [5.41, 5.74) is 1.04. The number of thioether (sulfide) groups is 1. The van der Waals surface area contributed by atoms with Gasteiger partial charge in [-0.25, -0.2) is 4.98 Å². The molecule has 1 fully saturated rings. The number of thiophene rings is 1. The molecule has 1 aliphatic rings. The van der Waals surface area contributed by atoms with Crippen molar-refractivity contribution >= 4 is 56.5 Å². The van der Waals surface area contributed by atoms with Gasteiger partial charge in [-0.1, -0.05) is 30.0 Å². The van der Waals surface area contributed by atoms with Crippen molar-refractivity contribution in [2.75, 3.05) is 31.9 Å². The molecule has 0 N–H and O–H groups in total. The lowest BCUT2D eigenvalue weighted by molar-refractivity contribution is -0.132. The molecular weight excluding hydrogens is 410 g/mol. The number of rotatable bonds is 6. The Hall–Kier alpha value is -1.90. The molecule has 0 spiro atoms. The van der Waals surface area contributed by atoms with Gasteiger partial charge in [0.15, 0.2) is 4.34 Å². The van der Waals surface area contributed by atoms with Gasteiger partial charge in [-0.15, -0.1) is 22.7 Å². The second kappa shape index (κ2) is 9.07. The summed E-state index contributed by atoms with van der Waals surface area (Å²) in [6.07, 6.45) is 1.39. The third-order valence-corrected chi connectivity index (χ3v) is 7.81. The van der Waals surface area contributed by atoms with Crippen molar-refractivity contribution in [1.29, 1.82) is 0 Å². The van der Waals surface area contributed by atoms with E-state index < -0.39 is 0 Å². The first-order valence-corrected chi connectivity index (χ1v) is 12.0. The van der Waals surface area contributed by atoms with Crippen LogP contribution in [0.15, 0.2) is 46.1 Å². The molecule has 1 saturated heterocycles. The fraction of sp³-hybridized carbons (Fsp3) is 0.350. The number of thiazole rings is 1. The molecule has 0 saturated carbocycles. The molecule has 146 valence electrons. The zero-order valence-electron chi connectivity index (χ0n) is 15.4. The summed E-state index contributed by atoms with van der Waals surface area (Å²) < 4.78 is 2.27. The van der Waals surface area contributed by atoms with Crippen LogP contribution < -0.4 is 0 Å². The molecule has 3 aromatic rings. The highest BCUT2D eigenvalue weighted by Gasteiger charge is 2.24. The zero-order chi connectivity index (χ0) is 19.3. The van der Waals surface area contributed by atoms with Gasteiger partial charge in [-0.2, -0.15) is 0 Å². The van der Waals surface area contributed by atoms with E-state index in [1.165, 1.54) is 16.0 Å². The van der Waals surface area contributed by atoms with Crippen LogP contribution in [-0.2, 0) is 4.79 Å². The van der Waals surface area contributed by atoms with E-state index in [0.717, 1.165) is 26.9 Å². The highest BCUT2D eigenvalue weighted by Crippen LogP contribution is 2.29. The van der Waals surface area contributed by atoms with Crippen molar-refractivity contribution in [1.82, 2.24) is 14.8 Å². The molecule has 28 heavy (non-hydrogen) atoms. The van der Waals surface area contributed by atoms with Gasteiger partial charge in [-0.05, 0) is 30.0 Å². The molecule has 5 nitrogen and oxygen atoms in total. The first-order valence-electron chi connectivity index (χ1n) is 9.29. The summed E-state index contributed by atoms with van der Waals surface area (Å²) in [6, 6.07) is 11.9. The van der Waals surface area contributed by atoms with Gasteiger partial charge in [0.25, 0.3) is 5.91 Å². The van der Waals surface area contributed by atoms with Crippen LogP contribution in [0, 0.1) is 0 Å². The van der Waals surface area contributed by atoms with Crippen LogP contribution in [0.25, 0.3) is 10.2 Å². The Kier molecular flexibility index (Phi) is 6.29. The molecule has 8 heteroatoms. The summed E-state index contributed by atoms with van der Waals surface area (Å²) in [6.45, 7) is 2.48. The number of aromatic nitrogens is 1. The van der Waals surface area contributed by atoms with E-state index in [9.17, 15) is 9.59 Å². The molecule has 2 amide bonds. The van der Waals surface area contributed by atoms with Gasteiger partial charge in [0.2, 0.25) is 5.91 Å². The van der Waals surface area contributed by atoms with Crippen molar-refractivity contribution in [3.05, 3.63) is 46.7 Å². The maximum absolute atomic E-state index is 12.5. The van der Waals surface area contributed by atoms with Crippen LogP contribution in [-0.4, -0.2) is 58.5 Å². The third-order valence-electron chi connectivity index (χ3n) is 4.69. The predicted molar refractivity (Wildman–Crippen MR) is 116 cm³/mol. The van der Waals surface area contributed by atoms with E-state index in [1.54, 1.807) is 23.1 Å². The fourth-order valence-electron chi connectivity index (χ4n) is 3.17. The van der Waals surface area contributed by atoms with Gasteiger partial charge in [-0.3, -0.25) is 9.59 Å². The van der Waals surface area contributed by atoms with Crippen LogP contribution in [0.4, 0.5) is 0 Å². The fourth-order valence-corrected chi connectivity index (χ4v) is 5.94. The Morgan fingerprint density at radius 1 is 1.04 bits per heavy atom. The largest absolute Gasteiger partial charge is 0.339 e. The SMILES string of the molecule is O=C(CCCSc1nc2ccccc2s1)N1CCN(C(=O)c2cccs2)CC1. The number of fused-ring (bicyclic) bond motifs is 1. The first kappa shape index (κ1) is 19.4. The van der Waals surface area contributed by atoms with E-state index in [0.29, 0.717) is 32.6 Å². The topological polar surface area (TPSA) is 53.5 Å². The number of carbonyl (C=O) groups excluding carboxylic acids is 2. The Labute approximate surface area is 176 Å². The van der Waals surface area contributed by atoms with Crippen LogP contribution in [0.2, 0.25) is 0 Å². The normalized spacial score (nSPS) is 14.6. The molecular formula is C20H21N3O2S3. The number of piperazine rings is 1. The first-order chi connectivity index (χ1) is 13.7. The Balaban J connectivity index is 1.18. The third kappa shape index (κ3) is 4.56. The van der Waals surface area contributed by atoms with E-state index in [2.05, 4.69) is 11.1 Å². The van der Waals surface area contributed by atoms with E-state index in [-0.39, 0.29) is 11.8 Å². The minimum Gasteiger partial charge on any atom is -0.339 e. The lowest BCUT2D eigenvalue weighted by Crippen LogP contribution is -2.50. The molecule has 4 rings (SSSR count). The minimum atomic E-state index is 0.0781. The molecule has 0 aliphatic carbocycles. The lowest BCUT2D eigenvalue weighted by atomic mass is 10.2. The van der Waals surface area contributed by atoms with Gasteiger partial charge < -0.3 is 9.80 Å². The number of benzene rings is 1. The van der Waals surface area contributed by atoms with Gasteiger partial charge in [0, 0.05) is 38.4 Å². The van der Waals surface area contributed by atoms with Crippen LogP contribution in [0.3, 0.4) is 0 Å².